The molecule has 0 aliphatic carbocycles. The molecule has 2 amide bonds. The number of hydrogen-bond donors (Lipinski definition) is 2. The number of nitrogens with one attached hydrogen (secondary N) is 2. The fourth-order valence-electron chi connectivity index (χ4n) is 2.77. The summed E-state index contributed by atoms with van der Waals surface area (Å²) >= 11 is 1.27. The van der Waals surface area contributed by atoms with E-state index < -0.39 is 10.8 Å². The van der Waals surface area contributed by atoms with Crippen LogP contribution in [-0.4, -0.2) is 42.5 Å². The maximum Gasteiger partial charge on any atom is 0.269 e. The van der Waals surface area contributed by atoms with Gasteiger partial charge in [-0.25, -0.2) is 4.98 Å². The maximum atomic E-state index is 12.2. The normalized spacial score (nSPS) is 10.3. The van der Waals surface area contributed by atoms with E-state index in [-0.39, 0.29) is 30.1 Å². The second kappa shape index (κ2) is 10.4. The first kappa shape index (κ1) is 22.7. The van der Waals surface area contributed by atoms with Crippen LogP contribution in [0.1, 0.15) is 16.8 Å². The highest BCUT2D eigenvalue weighted by atomic mass is 32.1. The summed E-state index contributed by atoms with van der Waals surface area (Å²) < 4.78 is 10.6. The van der Waals surface area contributed by atoms with Crippen LogP contribution in [0.15, 0.2) is 47.8 Å². The standard InChI is InChI=1S/C21H20N4O6S/c1-30-15-7-8-16(18(11-15)31-2)17-12-32-21(23-17)24-19(26)9-10-22-20(27)13-3-5-14(6-4-13)25(28)29/h3-8,11-12H,9-10H2,1-2H3,(H,22,27)(H,23,24,26). The maximum absolute atomic E-state index is 12.2. The first-order valence-electron chi connectivity index (χ1n) is 9.41. The Balaban J connectivity index is 1.52. The molecule has 0 atom stereocenters. The van der Waals surface area contributed by atoms with E-state index in [0.29, 0.717) is 22.3 Å². The van der Waals surface area contributed by atoms with E-state index in [1.807, 2.05) is 6.07 Å². The van der Waals surface area contributed by atoms with Crippen LogP contribution >= 0.6 is 11.3 Å². The number of rotatable bonds is 9. The third kappa shape index (κ3) is 5.58. The Morgan fingerprint density at radius 3 is 2.53 bits per heavy atom. The lowest BCUT2D eigenvalue weighted by Crippen LogP contribution is -2.27. The van der Waals surface area contributed by atoms with E-state index in [4.69, 9.17) is 9.47 Å². The lowest BCUT2D eigenvalue weighted by Gasteiger charge is -2.08. The molecule has 2 aromatic carbocycles. The summed E-state index contributed by atoms with van der Waals surface area (Å²) in [5.74, 6) is 0.527. The molecule has 1 aromatic heterocycles. The van der Waals surface area contributed by atoms with E-state index in [1.165, 1.54) is 35.6 Å². The van der Waals surface area contributed by atoms with Crippen LogP contribution in [0.4, 0.5) is 10.8 Å². The number of methoxy groups -OCH3 is 2. The number of nitro benzene ring substituents is 1. The molecular weight excluding hydrogens is 436 g/mol. The van der Waals surface area contributed by atoms with Gasteiger partial charge in [0.1, 0.15) is 11.5 Å². The zero-order valence-corrected chi connectivity index (χ0v) is 18.1. The van der Waals surface area contributed by atoms with Crippen molar-refractivity contribution in [1.82, 2.24) is 10.3 Å². The minimum Gasteiger partial charge on any atom is -0.497 e. The van der Waals surface area contributed by atoms with Crippen molar-refractivity contribution < 1.29 is 24.0 Å². The second-order valence-electron chi connectivity index (χ2n) is 6.46. The van der Waals surface area contributed by atoms with Crippen molar-refractivity contribution in [2.45, 2.75) is 6.42 Å². The molecule has 0 saturated heterocycles. The minimum atomic E-state index is -0.541. The molecule has 11 heteroatoms. The molecule has 0 radical (unpaired) electrons. The summed E-state index contributed by atoms with van der Waals surface area (Å²) in [6, 6.07) is 10.6. The third-order valence-corrected chi connectivity index (χ3v) is 5.17. The Labute approximate surface area is 187 Å². The molecule has 0 spiro atoms. The summed E-state index contributed by atoms with van der Waals surface area (Å²) in [6.45, 7) is 0.103. The molecule has 3 aromatic rings. The number of anilines is 1. The van der Waals surface area contributed by atoms with Gasteiger partial charge in [0.15, 0.2) is 5.13 Å². The number of non-ortho nitro benzene ring substituents is 1. The van der Waals surface area contributed by atoms with E-state index in [9.17, 15) is 19.7 Å². The third-order valence-electron chi connectivity index (χ3n) is 4.41. The summed E-state index contributed by atoms with van der Waals surface area (Å²) in [7, 11) is 3.12. The highest BCUT2D eigenvalue weighted by Gasteiger charge is 2.14. The minimum absolute atomic E-state index is 0.0412. The van der Waals surface area contributed by atoms with E-state index in [0.717, 1.165) is 5.56 Å². The molecule has 2 N–H and O–H groups in total. The van der Waals surface area contributed by atoms with Gasteiger partial charge in [0, 0.05) is 47.7 Å². The van der Waals surface area contributed by atoms with Crippen LogP contribution in [0.3, 0.4) is 0 Å². The Hall–Kier alpha value is -3.99. The fraction of sp³-hybridized carbons (Fsp3) is 0.190. The Morgan fingerprint density at radius 2 is 1.88 bits per heavy atom. The van der Waals surface area contributed by atoms with Gasteiger partial charge in [-0.3, -0.25) is 19.7 Å². The summed E-state index contributed by atoms with van der Waals surface area (Å²) in [5, 5.41) is 18.2. The number of amides is 2. The van der Waals surface area contributed by atoms with Gasteiger partial charge in [0.2, 0.25) is 5.91 Å². The average Bonchev–Trinajstić information content (AvgIpc) is 3.26. The number of nitro groups is 1. The van der Waals surface area contributed by atoms with Crippen molar-refractivity contribution in [2.24, 2.45) is 0 Å². The number of nitrogens with zero attached hydrogens (tertiary/aromatic N) is 2. The molecule has 32 heavy (non-hydrogen) atoms. The quantitative estimate of drug-likeness (QED) is 0.372. The number of thiazole rings is 1. The lowest BCUT2D eigenvalue weighted by atomic mass is 10.1. The van der Waals surface area contributed by atoms with E-state index in [2.05, 4.69) is 15.6 Å². The van der Waals surface area contributed by atoms with Gasteiger partial charge in [0.05, 0.1) is 24.8 Å². The molecule has 166 valence electrons. The summed E-state index contributed by atoms with van der Waals surface area (Å²) in [6.07, 6.45) is 0.0412. The Kier molecular flexibility index (Phi) is 7.34. The molecule has 0 aliphatic heterocycles. The highest BCUT2D eigenvalue weighted by Crippen LogP contribution is 2.34. The van der Waals surface area contributed by atoms with Gasteiger partial charge < -0.3 is 20.1 Å². The number of hydrogen-bond acceptors (Lipinski definition) is 8. The predicted octanol–water partition coefficient (Wildman–Crippen LogP) is 3.49. The lowest BCUT2D eigenvalue weighted by molar-refractivity contribution is -0.384. The highest BCUT2D eigenvalue weighted by molar-refractivity contribution is 7.14. The summed E-state index contributed by atoms with van der Waals surface area (Å²) in [4.78, 5) is 38.8. The summed E-state index contributed by atoms with van der Waals surface area (Å²) in [5.41, 5.74) is 1.58. The first-order chi connectivity index (χ1) is 15.4. The van der Waals surface area contributed by atoms with Crippen LogP contribution in [0.2, 0.25) is 0 Å². The monoisotopic (exact) mass is 456 g/mol. The molecule has 0 aliphatic rings. The van der Waals surface area contributed by atoms with E-state index in [1.54, 1.807) is 31.7 Å². The number of carbonyl (C=O) groups excluding carboxylic acids is 2. The molecule has 0 fully saturated rings. The van der Waals surface area contributed by atoms with Gasteiger partial charge >= 0.3 is 0 Å². The molecule has 0 saturated carbocycles. The van der Waals surface area contributed by atoms with Crippen molar-refractivity contribution >= 4 is 34.0 Å². The molecular formula is C21H20N4O6S. The number of aromatic nitrogens is 1. The molecule has 3 rings (SSSR count). The van der Waals surface area contributed by atoms with Crippen LogP contribution < -0.4 is 20.1 Å². The van der Waals surface area contributed by atoms with Crippen molar-refractivity contribution in [3.63, 3.8) is 0 Å². The predicted molar refractivity (Wildman–Crippen MR) is 119 cm³/mol. The molecule has 10 nitrogen and oxygen atoms in total. The average molecular weight is 456 g/mol. The van der Waals surface area contributed by atoms with Gasteiger partial charge in [-0.1, -0.05) is 0 Å². The van der Waals surface area contributed by atoms with Gasteiger partial charge in [-0.15, -0.1) is 11.3 Å². The smallest absolute Gasteiger partial charge is 0.269 e. The van der Waals surface area contributed by atoms with E-state index >= 15 is 0 Å². The Bertz CT molecular complexity index is 1130. The van der Waals surface area contributed by atoms with Crippen LogP contribution in [-0.2, 0) is 4.79 Å². The van der Waals surface area contributed by atoms with Crippen molar-refractivity contribution in [2.75, 3.05) is 26.1 Å². The largest absolute Gasteiger partial charge is 0.497 e. The number of carbonyl (C=O) groups is 2. The SMILES string of the molecule is COc1ccc(-c2csc(NC(=O)CCNC(=O)c3ccc([N+](=O)[O-])cc3)n2)c(OC)c1. The van der Waals surface area contributed by atoms with Gasteiger partial charge in [-0.05, 0) is 24.3 Å². The molecule has 0 bridgehead atoms. The molecule has 1 heterocycles. The topological polar surface area (TPSA) is 133 Å². The first-order valence-corrected chi connectivity index (χ1v) is 10.3. The Morgan fingerprint density at radius 1 is 1.12 bits per heavy atom. The van der Waals surface area contributed by atoms with Crippen LogP contribution in [0.25, 0.3) is 11.3 Å². The van der Waals surface area contributed by atoms with Crippen LogP contribution in [0.5, 0.6) is 11.5 Å². The van der Waals surface area contributed by atoms with Crippen LogP contribution in [0, 0.1) is 10.1 Å². The second-order valence-corrected chi connectivity index (χ2v) is 7.32. The van der Waals surface area contributed by atoms with Gasteiger partial charge in [0.25, 0.3) is 11.6 Å². The van der Waals surface area contributed by atoms with Crippen molar-refractivity contribution in [3.8, 4) is 22.8 Å². The number of benzene rings is 2. The fourth-order valence-corrected chi connectivity index (χ4v) is 3.50. The molecule has 0 unspecified atom stereocenters. The number of ether oxygens (including phenoxy) is 2. The van der Waals surface area contributed by atoms with Gasteiger partial charge in [-0.2, -0.15) is 0 Å². The van der Waals surface area contributed by atoms with Crippen molar-refractivity contribution in [1.29, 1.82) is 0 Å². The zero-order chi connectivity index (χ0) is 23.1. The van der Waals surface area contributed by atoms with Crippen molar-refractivity contribution in [3.05, 3.63) is 63.5 Å². The zero-order valence-electron chi connectivity index (χ0n) is 17.3.